The summed E-state index contributed by atoms with van der Waals surface area (Å²) >= 11 is 3.31. The maximum absolute atomic E-state index is 12.5. The van der Waals surface area contributed by atoms with Crippen LogP contribution in [0.25, 0.3) is 5.69 Å². The van der Waals surface area contributed by atoms with Crippen molar-refractivity contribution in [2.24, 2.45) is 5.73 Å². The van der Waals surface area contributed by atoms with Gasteiger partial charge < -0.3 is 5.73 Å². The van der Waals surface area contributed by atoms with Crippen molar-refractivity contribution >= 4 is 15.9 Å². The molecule has 7 heteroatoms. The first-order chi connectivity index (χ1) is 8.79. The van der Waals surface area contributed by atoms with Crippen molar-refractivity contribution in [3.05, 3.63) is 46.2 Å². The van der Waals surface area contributed by atoms with Crippen molar-refractivity contribution in [3.63, 3.8) is 0 Å². The second kappa shape index (κ2) is 4.97. The smallest absolute Gasteiger partial charge is 0.324 e. The summed E-state index contributed by atoms with van der Waals surface area (Å²) in [7, 11) is 0. The maximum atomic E-state index is 12.5. The van der Waals surface area contributed by atoms with Gasteiger partial charge in [0.05, 0.1) is 5.69 Å². The van der Waals surface area contributed by atoms with E-state index in [1.807, 2.05) is 6.92 Å². The minimum absolute atomic E-state index is 0.145. The lowest BCUT2D eigenvalue weighted by molar-refractivity contribution is -0.141. The minimum atomic E-state index is -4.44. The minimum Gasteiger partial charge on any atom is -0.324 e. The van der Waals surface area contributed by atoms with Crippen LogP contribution in [0.5, 0.6) is 0 Å². The molecule has 0 unspecified atom stereocenters. The highest BCUT2D eigenvalue weighted by Crippen LogP contribution is 2.29. The predicted molar refractivity (Wildman–Crippen MR) is 68.9 cm³/mol. The van der Waals surface area contributed by atoms with Crippen molar-refractivity contribution in [2.75, 3.05) is 0 Å². The molecule has 102 valence electrons. The lowest BCUT2D eigenvalue weighted by Gasteiger charge is -2.10. The molecule has 3 nitrogen and oxygen atoms in total. The van der Waals surface area contributed by atoms with Gasteiger partial charge in [0.1, 0.15) is 0 Å². The van der Waals surface area contributed by atoms with Crippen LogP contribution in [0.1, 0.15) is 24.2 Å². The number of rotatable bonds is 2. The van der Waals surface area contributed by atoms with Gasteiger partial charge in [-0.05, 0) is 46.6 Å². The molecule has 1 aromatic carbocycles. The molecule has 1 aromatic heterocycles. The Bertz CT molecular complexity index is 590. The average molecular weight is 334 g/mol. The van der Waals surface area contributed by atoms with Crippen molar-refractivity contribution in [1.29, 1.82) is 0 Å². The molecule has 0 saturated heterocycles. The summed E-state index contributed by atoms with van der Waals surface area (Å²) in [6.07, 6.45) is -3.17. The number of benzene rings is 1. The van der Waals surface area contributed by atoms with Gasteiger partial charge in [0.2, 0.25) is 0 Å². The molecule has 0 amide bonds. The highest BCUT2D eigenvalue weighted by atomic mass is 79.9. The zero-order valence-corrected chi connectivity index (χ0v) is 11.5. The molecule has 19 heavy (non-hydrogen) atoms. The summed E-state index contributed by atoms with van der Waals surface area (Å²) in [5, 5.41) is 3.52. The van der Waals surface area contributed by atoms with Gasteiger partial charge in [0.15, 0.2) is 5.69 Å². The molecular weight excluding hydrogens is 323 g/mol. The van der Waals surface area contributed by atoms with Crippen molar-refractivity contribution in [1.82, 2.24) is 9.78 Å². The van der Waals surface area contributed by atoms with Gasteiger partial charge in [-0.15, -0.1) is 0 Å². The fraction of sp³-hybridized carbons (Fsp3) is 0.250. The maximum Gasteiger partial charge on any atom is 0.435 e. The Hall–Kier alpha value is -1.34. The molecular formula is C12H11BrF3N3. The van der Waals surface area contributed by atoms with Crippen LogP contribution in [-0.2, 0) is 6.18 Å². The van der Waals surface area contributed by atoms with Gasteiger partial charge in [-0.25, -0.2) is 4.68 Å². The number of nitrogens with two attached hydrogens (primary N) is 1. The SMILES string of the molecule is C[C@@H](N)c1ccc(-n2ccc(C(F)(F)F)n2)c(Br)c1. The molecule has 0 bridgehead atoms. The van der Waals surface area contributed by atoms with E-state index in [1.54, 1.807) is 18.2 Å². The highest BCUT2D eigenvalue weighted by Gasteiger charge is 2.33. The Kier molecular flexibility index (Phi) is 3.69. The van der Waals surface area contributed by atoms with Crippen LogP contribution in [0.2, 0.25) is 0 Å². The summed E-state index contributed by atoms with van der Waals surface area (Å²) in [6.45, 7) is 1.83. The largest absolute Gasteiger partial charge is 0.435 e. The van der Waals surface area contributed by atoms with E-state index in [1.165, 1.54) is 10.9 Å². The first kappa shape index (κ1) is 14.1. The molecule has 2 N–H and O–H groups in total. The number of hydrogen-bond acceptors (Lipinski definition) is 2. The Morgan fingerprint density at radius 1 is 1.32 bits per heavy atom. The second-order valence-electron chi connectivity index (χ2n) is 4.14. The molecule has 0 aliphatic carbocycles. The van der Waals surface area contributed by atoms with E-state index in [2.05, 4.69) is 21.0 Å². The van der Waals surface area contributed by atoms with Gasteiger partial charge in [0, 0.05) is 16.7 Å². The molecule has 0 aliphatic rings. The number of alkyl halides is 3. The number of aromatic nitrogens is 2. The molecule has 0 fully saturated rings. The topological polar surface area (TPSA) is 43.8 Å². The van der Waals surface area contributed by atoms with Gasteiger partial charge >= 0.3 is 6.18 Å². The molecule has 0 aliphatic heterocycles. The van der Waals surface area contributed by atoms with Crippen LogP contribution in [0.4, 0.5) is 13.2 Å². The van der Waals surface area contributed by atoms with Gasteiger partial charge in [0.25, 0.3) is 0 Å². The highest BCUT2D eigenvalue weighted by molar-refractivity contribution is 9.10. The first-order valence-electron chi connectivity index (χ1n) is 5.47. The third-order valence-corrected chi connectivity index (χ3v) is 3.26. The summed E-state index contributed by atoms with van der Waals surface area (Å²) in [4.78, 5) is 0. The Morgan fingerprint density at radius 2 is 2.00 bits per heavy atom. The van der Waals surface area contributed by atoms with Gasteiger partial charge in [-0.3, -0.25) is 0 Å². The van der Waals surface area contributed by atoms with E-state index in [0.717, 1.165) is 11.6 Å². The fourth-order valence-electron chi connectivity index (χ4n) is 1.60. The van der Waals surface area contributed by atoms with E-state index in [0.29, 0.717) is 10.2 Å². The van der Waals surface area contributed by atoms with E-state index < -0.39 is 11.9 Å². The number of hydrogen-bond donors (Lipinski definition) is 1. The zero-order chi connectivity index (χ0) is 14.2. The van der Waals surface area contributed by atoms with E-state index in [-0.39, 0.29) is 6.04 Å². The summed E-state index contributed by atoms with van der Waals surface area (Å²) in [6, 6.07) is 6.00. The molecule has 0 radical (unpaired) electrons. The molecule has 2 aromatic rings. The van der Waals surface area contributed by atoms with E-state index in [9.17, 15) is 13.2 Å². The summed E-state index contributed by atoms with van der Waals surface area (Å²) in [5.74, 6) is 0. The van der Waals surface area contributed by atoms with Crippen LogP contribution < -0.4 is 5.73 Å². The molecule has 0 spiro atoms. The normalized spacial score (nSPS) is 13.6. The quantitative estimate of drug-likeness (QED) is 0.911. The first-order valence-corrected chi connectivity index (χ1v) is 6.26. The van der Waals surface area contributed by atoms with E-state index >= 15 is 0 Å². The van der Waals surface area contributed by atoms with Crippen LogP contribution in [0, 0.1) is 0 Å². The van der Waals surface area contributed by atoms with Crippen molar-refractivity contribution < 1.29 is 13.2 Å². The molecule has 0 saturated carbocycles. The predicted octanol–water partition coefficient (Wildman–Crippen LogP) is 3.67. The fourth-order valence-corrected chi connectivity index (χ4v) is 2.18. The van der Waals surface area contributed by atoms with Crippen molar-refractivity contribution in [2.45, 2.75) is 19.1 Å². The Balaban J connectivity index is 2.40. The summed E-state index contributed by atoms with van der Waals surface area (Å²) in [5.41, 5.74) is 6.24. The standard InChI is InChI=1S/C12H11BrF3N3/c1-7(17)8-2-3-10(9(13)6-8)19-5-4-11(18-19)12(14,15)16/h2-7H,17H2,1H3/t7-/m1/s1. The van der Waals surface area contributed by atoms with E-state index in [4.69, 9.17) is 5.73 Å². The third-order valence-electron chi connectivity index (χ3n) is 2.62. The van der Waals surface area contributed by atoms with Crippen LogP contribution in [0.15, 0.2) is 34.9 Å². The number of nitrogens with zero attached hydrogens (tertiary/aromatic N) is 2. The Morgan fingerprint density at radius 3 is 2.47 bits per heavy atom. The lowest BCUT2D eigenvalue weighted by Crippen LogP contribution is -2.08. The average Bonchev–Trinajstić information content (AvgIpc) is 2.77. The third kappa shape index (κ3) is 2.98. The van der Waals surface area contributed by atoms with Crippen LogP contribution >= 0.6 is 15.9 Å². The Labute approximate surface area is 116 Å². The second-order valence-corrected chi connectivity index (χ2v) is 5.00. The zero-order valence-electron chi connectivity index (χ0n) is 9.95. The van der Waals surface area contributed by atoms with Crippen LogP contribution in [-0.4, -0.2) is 9.78 Å². The van der Waals surface area contributed by atoms with Crippen LogP contribution in [0.3, 0.4) is 0 Å². The molecule has 1 atom stereocenters. The molecule has 2 rings (SSSR count). The van der Waals surface area contributed by atoms with Gasteiger partial charge in [-0.1, -0.05) is 6.07 Å². The van der Waals surface area contributed by atoms with Gasteiger partial charge in [-0.2, -0.15) is 18.3 Å². The number of halogens is 4. The summed E-state index contributed by atoms with van der Waals surface area (Å²) < 4.78 is 39.3. The monoisotopic (exact) mass is 333 g/mol. The van der Waals surface area contributed by atoms with Crippen molar-refractivity contribution in [3.8, 4) is 5.69 Å². The molecule has 1 heterocycles. The lowest BCUT2D eigenvalue weighted by atomic mass is 10.1.